The molecule has 0 saturated carbocycles. The number of aromatic nitrogens is 1. The van der Waals surface area contributed by atoms with Gasteiger partial charge in [-0.25, -0.2) is 4.98 Å². The normalized spacial score (nSPS) is 16.7. The molecule has 1 amide bonds. The van der Waals surface area contributed by atoms with Gasteiger partial charge in [0, 0.05) is 30.9 Å². The Labute approximate surface area is 165 Å². The zero-order valence-electron chi connectivity index (χ0n) is 16.6. The Balaban J connectivity index is 1.76. The van der Waals surface area contributed by atoms with Crippen molar-refractivity contribution in [1.29, 1.82) is 0 Å². The molecule has 1 N–H and O–H groups in total. The van der Waals surface area contributed by atoms with Gasteiger partial charge >= 0.3 is 5.97 Å². The number of hydrogen-bond donors (Lipinski definition) is 1. The molecule has 0 radical (unpaired) electrons. The highest BCUT2D eigenvalue weighted by atomic mass is 16.4. The van der Waals surface area contributed by atoms with Crippen LogP contribution < -0.4 is 0 Å². The monoisotopic (exact) mass is 384 g/mol. The summed E-state index contributed by atoms with van der Waals surface area (Å²) in [5.41, 5.74) is 1.87. The molecule has 0 aliphatic carbocycles. The SMILES string of the molecule is CC(C)c1oc(C2CCCN2C(=O)CCCCC(=O)O)nc1-c1ccccc1. The van der Waals surface area contributed by atoms with Crippen LogP contribution in [0.25, 0.3) is 11.3 Å². The summed E-state index contributed by atoms with van der Waals surface area (Å²) in [6, 6.07) is 9.84. The maximum Gasteiger partial charge on any atom is 0.303 e. The number of likely N-dealkylation sites (tertiary alicyclic amines) is 1. The molecule has 6 nitrogen and oxygen atoms in total. The quantitative estimate of drug-likeness (QED) is 0.663. The van der Waals surface area contributed by atoms with Crippen molar-refractivity contribution in [3.05, 3.63) is 42.0 Å². The summed E-state index contributed by atoms with van der Waals surface area (Å²) in [6.07, 6.45) is 3.35. The highest BCUT2D eigenvalue weighted by Crippen LogP contribution is 2.37. The van der Waals surface area contributed by atoms with E-state index in [0.29, 0.717) is 31.7 Å². The number of oxazole rings is 1. The molecule has 1 atom stereocenters. The third-order valence-electron chi connectivity index (χ3n) is 5.13. The minimum atomic E-state index is -0.819. The first-order valence-electron chi connectivity index (χ1n) is 10.0. The lowest BCUT2D eigenvalue weighted by atomic mass is 10.0. The topological polar surface area (TPSA) is 83.6 Å². The van der Waals surface area contributed by atoms with Crippen molar-refractivity contribution >= 4 is 11.9 Å². The van der Waals surface area contributed by atoms with Gasteiger partial charge in [0.05, 0.1) is 0 Å². The van der Waals surface area contributed by atoms with Crippen molar-refractivity contribution in [2.45, 2.75) is 64.3 Å². The van der Waals surface area contributed by atoms with Crippen LogP contribution in [0.2, 0.25) is 0 Å². The zero-order valence-corrected chi connectivity index (χ0v) is 16.6. The Kier molecular flexibility index (Phi) is 6.49. The second kappa shape index (κ2) is 9.04. The first kappa shape index (κ1) is 20.1. The van der Waals surface area contributed by atoms with Gasteiger partial charge in [0.1, 0.15) is 17.5 Å². The minimum Gasteiger partial charge on any atom is -0.481 e. The highest BCUT2D eigenvalue weighted by molar-refractivity contribution is 5.77. The van der Waals surface area contributed by atoms with Crippen LogP contribution in [0.5, 0.6) is 0 Å². The Morgan fingerprint density at radius 3 is 2.61 bits per heavy atom. The van der Waals surface area contributed by atoms with E-state index in [9.17, 15) is 9.59 Å². The first-order valence-corrected chi connectivity index (χ1v) is 10.0. The van der Waals surface area contributed by atoms with Gasteiger partial charge in [0.25, 0.3) is 0 Å². The number of carbonyl (C=O) groups excluding carboxylic acids is 1. The smallest absolute Gasteiger partial charge is 0.303 e. The molecule has 2 heterocycles. The number of benzene rings is 1. The summed E-state index contributed by atoms with van der Waals surface area (Å²) in [5.74, 6) is 0.887. The zero-order chi connectivity index (χ0) is 20.1. The number of carbonyl (C=O) groups is 2. The van der Waals surface area contributed by atoms with Gasteiger partial charge in [0.2, 0.25) is 11.8 Å². The fraction of sp³-hybridized carbons (Fsp3) is 0.500. The van der Waals surface area contributed by atoms with Crippen molar-refractivity contribution in [3.63, 3.8) is 0 Å². The molecule has 1 aliphatic rings. The molecule has 28 heavy (non-hydrogen) atoms. The van der Waals surface area contributed by atoms with Crippen LogP contribution in [0, 0.1) is 0 Å². The number of amides is 1. The lowest BCUT2D eigenvalue weighted by Gasteiger charge is -2.22. The number of unbranched alkanes of at least 4 members (excludes halogenated alkanes) is 1. The average molecular weight is 384 g/mol. The summed E-state index contributed by atoms with van der Waals surface area (Å²) in [4.78, 5) is 30.0. The molecular formula is C22H28N2O4. The van der Waals surface area contributed by atoms with Crippen LogP contribution in [0.1, 0.15) is 76.0 Å². The minimum absolute atomic E-state index is 0.0541. The predicted octanol–water partition coefficient (Wildman–Crippen LogP) is 4.77. The van der Waals surface area contributed by atoms with Crippen LogP contribution >= 0.6 is 0 Å². The molecule has 1 unspecified atom stereocenters. The maximum atomic E-state index is 12.7. The van der Waals surface area contributed by atoms with E-state index in [1.807, 2.05) is 35.2 Å². The standard InChI is InChI=1S/C22H28N2O4/c1-15(2)21-20(16-9-4-3-5-10-16)23-22(28-21)17-11-8-14-24(17)18(25)12-6-7-13-19(26)27/h3-5,9-10,15,17H,6-8,11-14H2,1-2H3,(H,26,27). The molecule has 1 fully saturated rings. The second-order valence-corrected chi connectivity index (χ2v) is 7.63. The summed E-state index contributed by atoms with van der Waals surface area (Å²) < 4.78 is 6.17. The second-order valence-electron chi connectivity index (χ2n) is 7.63. The van der Waals surface area contributed by atoms with E-state index in [1.54, 1.807) is 0 Å². The van der Waals surface area contributed by atoms with Crippen LogP contribution in [0.4, 0.5) is 0 Å². The summed E-state index contributed by atoms with van der Waals surface area (Å²) in [7, 11) is 0. The molecule has 0 bridgehead atoms. The predicted molar refractivity (Wildman–Crippen MR) is 106 cm³/mol. The molecular weight excluding hydrogens is 356 g/mol. The number of nitrogens with zero attached hydrogens (tertiary/aromatic N) is 2. The van der Waals surface area contributed by atoms with Crippen molar-refractivity contribution in [1.82, 2.24) is 9.88 Å². The number of carboxylic acid groups (broad SMARTS) is 1. The highest BCUT2D eigenvalue weighted by Gasteiger charge is 2.34. The van der Waals surface area contributed by atoms with E-state index >= 15 is 0 Å². The maximum absolute atomic E-state index is 12.7. The molecule has 1 saturated heterocycles. The average Bonchev–Trinajstić information content (AvgIpc) is 3.32. The third kappa shape index (κ3) is 4.61. The Bertz CT molecular complexity index is 813. The molecule has 6 heteroatoms. The number of rotatable bonds is 8. The summed E-state index contributed by atoms with van der Waals surface area (Å²) in [6.45, 7) is 4.86. The van der Waals surface area contributed by atoms with Crippen LogP contribution in [-0.2, 0) is 9.59 Å². The van der Waals surface area contributed by atoms with Crippen LogP contribution in [0.15, 0.2) is 34.7 Å². The Hall–Kier alpha value is -2.63. The van der Waals surface area contributed by atoms with Crippen molar-refractivity contribution in [2.75, 3.05) is 6.54 Å². The fourth-order valence-corrected chi connectivity index (χ4v) is 3.70. The Morgan fingerprint density at radius 1 is 1.21 bits per heavy atom. The first-order chi connectivity index (χ1) is 13.5. The van der Waals surface area contributed by atoms with Gasteiger partial charge in [-0.15, -0.1) is 0 Å². The van der Waals surface area contributed by atoms with Gasteiger partial charge in [-0.1, -0.05) is 44.2 Å². The van der Waals surface area contributed by atoms with E-state index in [2.05, 4.69) is 13.8 Å². The third-order valence-corrected chi connectivity index (χ3v) is 5.13. The number of aliphatic carboxylic acids is 1. The van der Waals surface area contributed by atoms with Crippen molar-refractivity contribution in [3.8, 4) is 11.3 Å². The number of hydrogen-bond acceptors (Lipinski definition) is 4. The van der Waals surface area contributed by atoms with Gasteiger partial charge in [-0.05, 0) is 25.7 Å². The van der Waals surface area contributed by atoms with Gasteiger partial charge in [-0.2, -0.15) is 0 Å². The van der Waals surface area contributed by atoms with Gasteiger partial charge in [-0.3, -0.25) is 9.59 Å². The number of carboxylic acids is 1. The van der Waals surface area contributed by atoms with E-state index in [-0.39, 0.29) is 24.3 Å². The van der Waals surface area contributed by atoms with E-state index in [4.69, 9.17) is 14.5 Å². The van der Waals surface area contributed by atoms with Gasteiger partial charge in [0.15, 0.2) is 0 Å². The van der Waals surface area contributed by atoms with Crippen molar-refractivity contribution < 1.29 is 19.1 Å². The Morgan fingerprint density at radius 2 is 1.93 bits per heavy atom. The molecule has 2 aromatic rings. The fourth-order valence-electron chi connectivity index (χ4n) is 3.70. The van der Waals surface area contributed by atoms with Crippen LogP contribution in [0.3, 0.4) is 0 Å². The van der Waals surface area contributed by atoms with Crippen molar-refractivity contribution in [2.24, 2.45) is 0 Å². The summed E-state index contributed by atoms with van der Waals surface area (Å²) >= 11 is 0. The molecule has 1 aromatic heterocycles. The largest absolute Gasteiger partial charge is 0.481 e. The lowest BCUT2D eigenvalue weighted by molar-refractivity contribution is -0.137. The summed E-state index contributed by atoms with van der Waals surface area (Å²) in [5, 5.41) is 8.73. The molecule has 150 valence electrons. The molecule has 0 spiro atoms. The van der Waals surface area contributed by atoms with Gasteiger partial charge < -0.3 is 14.4 Å². The van der Waals surface area contributed by atoms with E-state index in [1.165, 1.54) is 0 Å². The lowest BCUT2D eigenvalue weighted by Crippen LogP contribution is -2.30. The molecule has 1 aromatic carbocycles. The van der Waals surface area contributed by atoms with E-state index in [0.717, 1.165) is 29.9 Å². The molecule has 1 aliphatic heterocycles. The molecule has 3 rings (SSSR count). The van der Waals surface area contributed by atoms with E-state index < -0.39 is 5.97 Å². The van der Waals surface area contributed by atoms with Crippen LogP contribution in [-0.4, -0.2) is 33.4 Å².